The van der Waals surface area contributed by atoms with Crippen molar-refractivity contribution < 1.29 is 14.3 Å². The molecule has 3 N–H and O–H groups in total. The molecule has 0 heterocycles. The van der Waals surface area contributed by atoms with Crippen molar-refractivity contribution in [1.82, 2.24) is 5.32 Å². The summed E-state index contributed by atoms with van der Waals surface area (Å²) in [6.07, 6.45) is 2.66. The van der Waals surface area contributed by atoms with Crippen molar-refractivity contribution in [2.75, 3.05) is 7.11 Å². The number of rotatable bonds is 4. The van der Waals surface area contributed by atoms with Crippen molar-refractivity contribution >= 4 is 11.9 Å². The van der Waals surface area contributed by atoms with E-state index >= 15 is 0 Å². The first-order valence-corrected chi connectivity index (χ1v) is 6.11. The molecule has 0 aromatic carbocycles. The molecule has 2 unspecified atom stereocenters. The van der Waals surface area contributed by atoms with Crippen molar-refractivity contribution in [3.05, 3.63) is 0 Å². The largest absolute Gasteiger partial charge is 0.467 e. The minimum atomic E-state index is -0.583. The van der Waals surface area contributed by atoms with Gasteiger partial charge in [0.1, 0.15) is 6.04 Å². The number of methoxy groups -OCH3 is 1. The van der Waals surface area contributed by atoms with E-state index in [0.717, 1.165) is 19.3 Å². The Balaban J connectivity index is 2.61. The summed E-state index contributed by atoms with van der Waals surface area (Å²) in [5.41, 5.74) is 5.86. The molecule has 0 aromatic rings. The number of hydrogen-bond donors (Lipinski definition) is 2. The average Bonchev–Trinajstić information content (AvgIpc) is 2.70. The van der Waals surface area contributed by atoms with Crippen LogP contribution in [0.2, 0.25) is 0 Å². The van der Waals surface area contributed by atoms with Gasteiger partial charge in [-0.3, -0.25) is 4.79 Å². The molecule has 0 radical (unpaired) electrons. The second-order valence-electron chi connectivity index (χ2n) is 4.95. The first kappa shape index (κ1) is 14.0. The lowest BCUT2D eigenvalue weighted by Crippen LogP contribution is -2.49. The van der Waals surface area contributed by atoms with Gasteiger partial charge >= 0.3 is 5.97 Å². The summed E-state index contributed by atoms with van der Waals surface area (Å²) in [5.74, 6) is -0.691. The zero-order chi connectivity index (χ0) is 13.0. The van der Waals surface area contributed by atoms with Crippen LogP contribution in [-0.2, 0) is 14.3 Å². The molecule has 98 valence electrons. The smallest absolute Gasteiger partial charge is 0.328 e. The number of carbonyl (C=O) groups is 2. The summed E-state index contributed by atoms with van der Waals surface area (Å²) < 4.78 is 4.68. The van der Waals surface area contributed by atoms with Crippen molar-refractivity contribution in [1.29, 1.82) is 0 Å². The lowest BCUT2D eigenvalue weighted by atomic mass is 10.00. The Labute approximate surface area is 102 Å². The summed E-state index contributed by atoms with van der Waals surface area (Å²) in [7, 11) is 1.32. The first-order valence-electron chi connectivity index (χ1n) is 6.11. The molecule has 1 fully saturated rings. The minimum absolute atomic E-state index is 0.00373. The quantitative estimate of drug-likeness (QED) is 0.700. The predicted octanol–water partition coefficient (Wildman–Crippen LogP) is 0.428. The number of nitrogens with one attached hydrogen (secondary N) is 1. The van der Waals surface area contributed by atoms with Crippen LogP contribution in [0.4, 0.5) is 0 Å². The maximum absolute atomic E-state index is 12.0. The first-order chi connectivity index (χ1) is 7.97. The van der Waals surface area contributed by atoms with E-state index in [0.29, 0.717) is 0 Å². The van der Waals surface area contributed by atoms with Gasteiger partial charge in [-0.25, -0.2) is 4.79 Å². The number of nitrogens with two attached hydrogens (primary N) is 1. The van der Waals surface area contributed by atoms with E-state index in [9.17, 15) is 9.59 Å². The number of carbonyl (C=O) groups excluding carboxylic acids is 2. The van der Waals surface area contributed by atoms with E-state index < -0.39 is 12.0 Å². The van der Waals surface area contributed by atoms with Gasteiger partial charge in [0.2, 0.25) is 5.91 Å². The summed E-state index contributed by atoms with van der Waals surface area (Å²) >= 11 is 0. The Kier molecular flexibility index (Phi) is 4.93. The van der Waals surface area contributed by atoms with Gasteiger partial charge in [0.15, 0.2) is 0 Å². The lowest BCUT2D eigenvalue weighted by molar-refractivity contribution is -0.147. The Morgan fingerprint density at radius 1 is 1.35 bits per heavy atom. The third-order valence-electron chi connectivity index (χ3n) is 3.33. The molecule has 5 nitrogen and oxygen atoms in total. The summed E-state index contributed by atoms with van der Waals surface area (Å²) in [6, 6.07) is -0.666. The minimum Gasteiger partial charge on any atom is -0.467 e. The van der Waals surface area contributed by atoms with E-state index in [4.69, 9.17) is 5.73 Å². The average molecular weight is 242 g/mol. The molecule has 0 saturated heterocycles. The standard InChI is InChI=1S/C12H22N2O3/c1-7(2)10(12(16)17-3)14-11(15)8-5-4-6-9(8)13/h7-10H,4-6,13H2,1-3H3,(H,14,15)/t8?,9?,10-/m0/s1. The molecule has 3 atom stereocenters. The van der Waals surface area contributed by atoms with Crippen LogP contribution < -0.4 is 11.1 Å². The number of hydrogen-bond acceptors (Lipinski definition) is 4. The Bertz CT molecular complexity index is 291. The monoisotopic (exact) mass is 242 g/mol. The van der Waals surface area contributed by atoms with E-state index in [1.54, 1.807) is 0 Å². The van der Waals surface area contributed by atoms with E-state index in [1.165, 1.54) is 7.11 Å². The van der Waals surface area contributed by atoms with Crippen LogP contribution in [-0.4, -0.2) is 31.1 Å². The third kappa shape index (κ3) is 3.43. The highest BCUT2D eigenvalue weighted by molar-refractivity contribution is 5.86. The molecule has 0 aliphatic heterocycles. The van der Waals surface area contributed by atoms with E-state index in [1.807, 2.05) is 13.8 Å². The summed E-state index contributed by atoms with van der Waals surface area (Å²) in [6.45, 7) is 3.74. The van der Waals surface area contributed by atoms with Gasteiger partial charge in [0.25, 0.3) is 0 Å². The number of esters is 1. The molecular formula is C12H22N2O3. The molecule has 0 spiro atoms. The zero-order valence-electron chi connectivity index (χ0n) is 10.7. The second kappa shape index (κ2) is 6.00. The van der Waals surface area contributed by atoms with Crippen molar-refractivity contribution in [3.63, 3.8) is 0 Å². The molecule has 0 aromatic heterocycles. The maximum Gasteiger partial charge on any atom is 0.328 e. The highest BCUT2D eigenvalue weighted by atomic mass is 16.5. The SMILES string of the molecule is COC(=O)[C@@H](NC(=O)C1CCCC1N)C(C)C. The van der Waals surface area contributed by atoms with Crippen molar-refractivity contribution in [3.8, 4) is 0 Å². The molecule has 1 saturated carbocycles. The molecule has 0 bridgehead atoms. The molecule has 1 aliphatic rings. The van der Waals surface area contributed by atoms with Crippen LogP contribution in [0.15, 0.2) is 0 Å². The van der Waals surface area contributed by atoms with Gasteiger partial charge < -0.3 is 15.8 Å². The van der Waals surface area contributed by atoms with Gasteiger partial charge in [-0.2, -0.15) is 0 Å². The number of amides is 1. The molecular weight excluding hydrogens is 220 g/mol. The van der Waals surface area contributed by atoms with E-state index in [-0.39, 0.29) is 23.8 Å². The van der Waals surface area contributed by atoms with Crippen LogP contribution in [0.25, 0.3) is 0 Å². The number of ether oxygens (including phenoxy) is 1. The highest BCUT2D eigenvalue weighted by Crippen LogP contribution is 2.24. The lowest BCUT2D eigenvalue weighted by Gasteiger charge is -2.23. The van der Waals surface area contributed by atoms with Crippen LogP contribution in [0.5, 0.6) is 0 Å². The van der Waals surface area contributed by atoms with Gasteiger partial charge in [-0.1, -0.05) is 20.3 Å². The molecule has 5 heteroatoms. The van der Waals surface area contributed by atoms with Crippen LogP contribution in [0.3, 0.4) is 0 Å². The Morgan fingerprint density at radius 3 is 2.41 bits per heavy atom. The fraction of sp³-hybridized carbons (Fsp3) is 0.833. The van der Waals surface area contributed by atoms with Gasteiger partial charge in [0, 0.05) is 6.04 Å². The molecule has 1 amide bonds. The van der Waals surface area contributed by atoms with Crippen molar-refractivity contribution in [2.45, 2.75) is 45.2 Å². The topological polar surface area (TPSA) is 81.4 Å². The van der Waals surface area contributed by atoms with Gasteiger partial charge in [-0.05, 0) is 18.8 Å². The van der Waals surface area contributed by atoms with Crippen LogP contribution in [0, 0.1) is 11.8 Å². The summed E-state index contributed by atoms with van der Waals surface area (Å²) in [4.78, 5) is 23.5. The fourth-order valence-corrected chi connectivity index (χ4v) is 2.20. The third-order valence-corrected chi connectivity index (χ3v) is 3.33. The fourth-order valence-electron chi connectivity index (χ4n) is 2.20. The van der Waals surface area contributed by atoms with Gasteiger partial charge in [-0.15, -0.1) is 0 Å². The second-order valence-corrected chi connectivity index (χ2v) is 4.95. The molecule has 1 aliphatic carbocycles. The molecule has 1 rings (SSSR count). The normalized spacial score (nSPS) is 25.7. The maximum atomic E-state index is 12.0. The highest BCUT2D eigenvalue weighted by Gasteiger charge is 2.33. The van der Waals surface area contributed by atoms with Crippen molar-refractivity contribution in [2.24, 2.45) is 17.6 Å². The summed E-state index contributed by atoms with van der Waals surface area (Å²) in [5, 5.41) is 2.75. The predicted molar refractivity (Wildman–Crippen MR) is 64.1 cm³/mol. The van der Waals surface area contributed by atoms with Gasteiger partial charge in [0.05, 0.1) is 13.0 Å². The molecule has 17 heavy (non-hydrogen) atoms. The Hall–Kier alpha value is -1.10. The Morgan fingerprint density at radius 2 is 2.00 bits per heavy atom. The zero-order valence-corrected chi connectivity index (χ0v) is 10.7. The van der Waals surface area contributed by atoms with E-state index in [2.05, 4.69) is 10.1 Å². The van der Waals surface area contributed by atoms with Crippen LogP contribution in [0.1, 0.15) is 33.1 Å². The van der Waals surface area contributed by atoms with Crippen LogP contribution >= 0.6 is 0 Å².